The van der Waals surface area contributed by atoms with Gasteiger partial charge in [-0.1, -0.05) is 20.8 Å². The van der Waals surface area contributed by atoms with Crippen molar-refractivity contribution in [1.82, 2.24) is 9.97 Å². The predicted octanol–water partition coefficient (Wildman–Crippen LogP) is 2.56. The average molecular weight is 266 g/mol. The van der Waals surface area contributed by atoms with Gasteiger partial charge in [0, 0.05) is 25.8 Å². The van der Waals surface area contributed by atoms with Gasteiger partial charge in [-0.25, -0.2) is 9.97 Å². The van der Waals surface area contributed by atoms with Gasteiger partial charge in [0.05, 0.1) is 6.61 Å². The second kappa shape index (κ2) is 8.69. The third-order valence-corrected chi connectivity index (χ3v) is 2.91. The van der Waals surface area contributed by atoms with Crippen molar-refractivity contribution in [1.29, 1.82) is 0 Å². The maximum Gasteiger partial charge on any atom is 0.134 e. The van der Waals surface area contributed by atoms with Gasteiger partial charge < -0.3 is 15.4 Å². The zero-order chi connectivity index (χ0) is 14.1. The van der Waals surface area contributed by atoms with E-state index in [4.69, 9.17) is 4.74 Å². The van der Waals surface area contributed by atoms with Crippen LogP contribution in [0, 0.1) is 5.92 Å². The predicted molar refractivity (Wildman–Crippen MR) is 79.7 cm³/mol. The molecule has 1 atom stereocenters. The van der Waals surface area contributed by atoms with Crippen LogP contribution in [0.1, 0.15) is 32.8 Å². The highest BCUT2D eigenvalue weighted by atomic mass is 16.5. The summed E-state index contributed by atoms with van der Waals surface area (Å²) >= 11 is 0. The van der Waals surface area contributed by atoms with Gasteiger partial charge in [-0.05, 0) is 18.8 Å². The van der Waals surface area contributed by atoms with Crippen LogP contribution in [-0.2, 0) is 11.2 Å². The van der Waals surface area contributed by atoms with Crippen LogP contribution in [0.4, 0.5) is 11.6 Å². The first kappa shape index (κ1) is 15.7. The van der Waals surface area contributed by atoms with Crippen LogP contribution in [0.3, 0.4) is 0 Å². The topological polar surface area (TPSA) is 59.1 Å². The molecule has 2 N–H and O–H groups in total. The zero-order valence-corrected chi connectivity index (χ0v) is 12.5. The molecule has 1 aromatic heterocycles. The maximum atomic E-state index is 5.14. The molecule has 0 amide bonds. The molecule has 0 bridgehead atoms. The number of nitrogens with zero attached hydrogens (tertiary/aromatic N) is 2. The highest BCUT2D eigenvalue weighted by Crippen LogP contribution is 2.20. The number of aromatic nitrogens is 2. The first-order valence-corrected chi connectivity index (χ1v) is 7.03. The number of methoxy groups -OCH3 is 1. The number of anilines is 2. The van der Waals surface area contributed by atoms with E-state index in [0.717, 1.165) is 49.7 Å². The van der Waals surface area contributed by atoms with Crippen LogP contribution in [0.5, 0.6) is 0 Å². The Balaban J connectivity index is 2.71. The van der Waals surface area contributed by atoms with Crippen molar-refractivity contribution >= 4 is 11.6 Å². The lowest BCUT2D eigenvalue weighted by molar-refractivity contribution is 0.164. The van der Waals surface area contributed by atoms with E-state index >= 15 is 0 Å². The highest BCUT2D eigenvalue weighted by Gasteiger charge is 2.10. The smallest absolute Gasteiger partial charge is 0.134 e. The number of ether oxygens (including phenoxy) is 1. The molecule has 1 unspecified atom stereocenters. The van der Waals surface area contributed by atoms with Crippen LogP contribution in [0.15, 0.2) is 6.33 Å². The molecule has 0 aliphatic heterocycles. The minimum absolute atomic E-state index is 0.455. The summed E-state index contributed by atoms with van der Waals surface area (Å²) in [6.07, 6.45) is 3.61. The second-order valence-corrected chi connectivity index (χ2v) is 4.77. The number of hydrogen-bond donors (Lipinski definition) is 2. The molecule has 5 heteroatoms. The summed E-state index contributed by atoms with van der Waals surface area (Å²) < 4.78 is 5.14. The first-order chi connectivity index (χ1) is 9.22. The molecule has 0 saturated heterocycles. The summed E-state index contributed by atoms with van der Waals surface area (Å²) in [6, 6.07) is 0. The maximum absolute atomic E-state index is 5.14. The van der Waals surface area contributed by atoms with Crippen molar-refractivity contribution in [2.24, 2.45) is 5.92 Å². The molecular formula is C14H26N4O. The Bertz CT molecular complexity index is 370. The number of hydrogen-bond acceptors (Lipinski definition) is 5. The molecule has 0 saturated carbocycles. The Kier molecular flexibility index (Phi) is 7.18. The van der Waals surface area contributed by atoms with Crippen molar-refractivity contribution in [2.45, 2.75) is 33.6 Å². The molecule has 1 heterocycles. The van der Waals surface area contributed by atoms with E-state index in [0.29, 0.717) is 5.92 Å². The molecule has 0 radical (unpaired) electrons. The molecule has 5 nitrogen and oxygen atoms in total. The molecule has 0 aromatic carbocycles. The van der Waals surface area contributed by atoms with Gasteiger partial charge in [-0.15, -0.1) is 0 Å². The van der Waals surface area contributed by atoms with E-state index in [1.165, 1.54) is 0 Å². The molecule has 0 fully saturated rings. The van der Waals surface area contributed by atoms with Gasteiger partial charge in [0.2, 0.25) is 0 Å². The zero-order valence-electron chi connectivity index (χ0n) is 12.5. The Labute approximate surface area is 116 Å². The lowest BCUT2D eigenvalue weighted by Gasteiger charge is -2.16. The largest absolute Gasteiger partial charge is 0.384 e. The van der Waals surface area contributed by atoms with Gasteiger partial charge >= 0.3 is 0 Å². The van der Waals surface area contributed by atoms with Gasteiger partial charge in [0.15, 0.2) is 0 Å². The van der Waals surface area contributed by atoms with E-state index in [-0.39, 0.29) is 0 Å². The molecular weight excluding hydrogens is 240 g/mol. The van der Waals surface area contributed by atoms with Crippen LogP contribution < -0.4 is 10.6 Å². The normalized spacial score (nSPS) is 12.2. The van der Waals surface area contributed by atoms with E-state index in [2.05, 4.69) is 41.4 Å². The summed E-state index contributed by atoms with van der Waals surface area (Å²) in [6.45, 7) is 8.96. The molecule has 1 rings (SSSR count). The van der Waals surface area contributed by atoms with Crippen LogP contribution in [-0.4, -0.2) is 36.8 Å². The Morgan fingerprint density at radius 3 is 2.47 bits per heavy atom. The average Bonchev–Trinajstić information content (AvgIpc) is 2.43. The molecule has 19 heavy (non-hydrogen) atoms. The van der Waals surface area contributed by atoms with E-state index < -0.39 is 0 Å². The van der Waals surface area contributed by atoms with Crippen molar-refractivity contribution in [3.63, 3.8) is 0 Å². The van der Waals surface area contributed by atoms with Gasteiger partial charge in [0.1, 0.15) is 18.0 Å². The number of nitrogens with one attached hydrogen (secondary N) is 2. The van der Waals surface area contributed by atoms with Crippen molar-refractivity contribution in [3.05, 3.63) is 11.9 Å². The second-order valence-electron chi connectivity index (χ2n) is 4.77. The Morgan fingerprint density at radius 1 is 1.21 bits per heavy atom. The van der Waals surface area contributed by atoms with E-state index in [9.17, 15) is 0 Å². The van der Waals surface area contributed by atoms with Gasteiger partial charge in [-0.2, -0.15) is 0 Å². The summed E-state index contributed by atoms with van der Waals surface area (Å²) in [5.41, 5.74) is 1.15. The fourth-order valence-corrected chi connectivity index (χ4v) is 1.91. The third kappa shape index (κ3) is 5.03. The molecule has 108 valence electrons. The first-order valence-electron chi connectivity index (χ1n) is 7.03. The Hall–Kier alpha value is -1.36. The van der Waals surface area contributed by atoms with E-state index in [1.807, 2.05) is 0 Å². The highest BCUT2D eigenvalue weighted by molar-refractivity contribution is 5.57. The van der Waals surface area contributed by atoms with Crippen LogP contribution >= 0.6 is 0 Å². The van der Waals surface area contributed by atoms with Gasteiger partial charge in [0.25, 0.3) is 0 Å². The lowest BCUT2D eigenvalue weighted by atomic mass is 10.1. The van der Waals surface area contributed by atoms with Crippen LogP contribution in [0.25, 0.3) is 0 Å². The lowest BCUT2D eigenvalue weighted by Crippen LogP contribution is -2.18. The minimum atomic E-state index is 0.455. The van der Waals surface area contributed by atoms with Gasteiger partial charge in [-0.3, -0.25) is 0 Å². The van der Waals surface area contributed by atoms with Crippen molar-refractivity contribution < 1.29 is 4.74 Å². The summed E-state index contributed by atoms with van der Waals surface area (Å²) in [5, 5.41) is 6.75. The molecule has 0 aliphatic carbocycles. The fourth-order valence-electron chi connectivity index (χ4n) is 1.91. The number of rotatable bonds is 9. The summed E-state index contributed by atoms with van der Waals surface area (Å²) in [4.78, 5) is 8.67. The van der Waals surface area contributed by atoms with E-state index in [1.54, 1.807) is 13.4 Å². The third-order valence-electron chi connectivity index (χ3n) is 2.91. The minimum Gasteiger partial charge on any atom is -0.384 e. The SMILES string of the molecule is CCCNc1ncnc(NCC(C)COC)c1CC. The van der Waals surface area contributed by atoms with Crippen LogP contribution in [0.2, 0.25) is 0 Å². The molecule has 1 aromatic rings. The summed E-state index contributed by atoms with van der Waals surface area (Å²) in [5.74, 6) is 2.33. The summed E-state index contributed by atoms with van der Waals surface area (Å²) in [7, 11) is 1.73. The fraction of sp³-hybridized carbons (Fsp3) is 0.714. The van der Waals surface area contributed by atoms with Crippen molar-refractivity contribution in [2.75, 3.05) is 37.4 Å². The monoisotopic (exact) mass is 266 g/mol. The standard InChI is InChI=1S/C14H26N4O/c1-5-7-15-13-12(6-2)14(18-10-17-13)16-8-11(3)9-19-4/h10-11H,5-9H2,1-4H3,(H2,15,16,17,18). The molecule has 0 spiro atoms. The van der Waals surface area contributed by atoms with Crippen molar-refractivity contribution in [3.8, 4) is 0 Å². The quantitative estimate of drug-likeness (QED) is 0.719. The molecule has 0 aliphatic rings. The Morgan fingerprint density at radius 2 is 1.89 bits per heavy atom.